The number of hydrogen-bond acceptors (Lipinski definition) is 4. The van der Waals surface area contributed by atoms with Crippen molar-refractivity contribution >= 4 is 23.2 Å². The number of aromatic nitrogens is 2. The monoisotopic (exact) mass is 447 g/mol. The first kappa shape index (κ1) is 21.5. The molecule has 0 radical (unpaired) electrons. The molecule has 0 spiro atoms. The van der Waals surface area contributed by atoms with E-state index in [0.717, 1.165) is 11.1 Å². The lowest BCUT2D eigenvalue weighted by atomic mass is 10.1. The average Bonchev–Trinajstić information content (AvgIpc) is 3.26. The number of anilines is 1. The van der Waals surface area contributed by atoms with Crippen molar-refractivity contribution in [3.8, 4) is 28.4 Å². The second kappa shape index (κ2) is 9.16. The topological polar surface area (TPSA) is 65.4 Å². The SMILES string of the molecule is COc1ccc(-c2cc(C(=O)Nc3ccc(C)cc3)n(-c3ccc(Cl)cc3)n2)c(OC)c1. The van der Waals surface area contributed by atoms with Crippen LogP contribution in [-0.2, 0) is 0 Å². The molecule has 4 aromatic rings. The maximum atomic E-state index is 13.2. The second-order valence-electron chi connectivity index (χ2n) is 7.19. The molecule has 0 saturated heterocycles. The van der Waals surface area contributed by atoms with E-state index < -0.39 is 0 Å². The van der Waals surface area contributed by atoms with Crippen molar-refractivity contribution in [3.05, 3.63) is 89.1 Å². The quantitative estimate of drug-likeness (QED) is 0.407. The van der Waals surface area contributed by atoms with Gasteiger partial charge in [-0.05, 0) is 61.5 Å². The maximum absolute atomic E-state index is 13.2. The molecular formula is C25H22ClN3O3. The Morgan fingerprint density at radius 2 is 1.66 bits per heavy atom. The van der Waals surface area contributed by atoms with Crippen LogP contribution >= 0.6 is 11.6 Å². The largest absolute Gasteiger partial charge is 0.497 e. The number of nitrogens with zero attached hydrogens (tertiary/aromatic N) is 2. The van der Waals surface area contributed by atoms with E-state index >= 15 is 0 Å². The predicted molar refractivity (Wildman–Crippen MR) is 126 cm³/mol. The highest BCUT2D eigenvalue weighted by Gasteiger charge is 2.20. The fourth-order valence-corrected chi connectivity index (χ4v) is 3.42. The first-order valence-corrected chi connectivity index (χ1v) is 10.3. The molecule has 0 unspecified atom stereocenters. The number of benzene rings is 3. The summed E-state index contributed by atoms with van der Waals surface area (Å²) in [5, 5.41) is 8.26. The number of carbonyl (C=O) groups is 1. The minimum atomic E-state index is -0.282. The van der Waals surface area contributed by atoms with Gasteiger partial charge < -0.3 is 14.8 Å². The van der Waals surface area contributed by atoms with E-state index in [2.05, 4.69) is 5.32 Å². The van der Waals surface area contributed by atoms with Crippen molar-refractivity contribution in [2.24, 2.45) is 0 Å². The maximum Gasteiger partial charge on any atom is 0.274 e. The molecule has 0 bridgehead atoms. The van der Waals surface area contributed by atoms with Crippen LogP contribution in [0.5, 0.6) is 11.5 Å². The van der Waals surface area contributed by atoms with Crippen LogP contribution in [0.1, 0.15) is 16.1 Å². The third kappa shape index (κ3) is 4.45. The molecule has 0 atom stereocenters. The van der Waals surface area contributed by atoms with E-state index in [-0.39, 0.29) is 5.91 Å². The van der Waals surface area contributed by atoms with Gasteiger partial charge in [0, 0.05) is 22.3 Å². The number of nitrogens with one attached hydrogen (secondary N) is 1. The average molecular weight is 448 g/mol. The van der Waals surface area contributed by atoms with Crippen LogP contribution in [0.2, 0.25) is 5.02 Å². The summed E-state index contributed by atoms with van der Waals surface area (Å²) in [6.07, 6.45) is 0. The number of hydrogen-bond donors (Lipinski definition) is 1. The molecule has 7 heteroatoms. The summed E-state index contributed by atoms with van der Waals surface area (Å²) in [5.74, 6) is 0.978. The first-order chi connectivity index (χ1) is 15.5. The van der Waals surface area contributed by atoms with Gasteiger partial charge in [0.25, 0.3) is 5.91 Å². The molecular weight excluding hydrogens is 426 g/mol. The van der Waals surface area contributed by atoms with Gasteiger partial charge in [-0.25, -0.2) is 4.68 Å². The molecule has 0 aliphatic carbocycles. The second-order valence-corrected chi connectivity index (χ2v) is 7.63. The molecule has 162 valence electrons. The van der Waals surface area contributed by atoms with Gasteiger partial charge in [0.2, 0.25) is 0 Å². The molecule has 3 aromatic carbocycles. The summed E-state index contributed by atoms with van der Waals surface area (Å²) in [5.41, 5.74) is 4.23. The lowest BCUT2D eigenvalue weighted by Gasteiger charge is -2.09. The van der Waals surface area contributed by atoms with Gasteiger partial charge in [0.15, 0.2) is 0 Å². The Morgan fingerprint density at radius 3 is 2.31 bits per heavy atom. The molecule has 0 fully saturated rings. The zero-order valence-corrected chi connectivity index (χ0v) is 18.7. The number of halogens is 1. The number of amides is 1. The van der Waals surface area contributed by atoms with Gasteiger partial charge >= 0.3 is 0 Å². The summed E-state index contributed by atoms with van der Waals surface area (Å²) >= 11 is 6.05. The van der Waals surface area contributed by atoms with Gasteiger partial charge in [-0.1, -0.05) is 29.3 Å². The van der Waals surface area contributed by atoms with Crippen LogP contribution in [0.4, 0.5) is 5.69 Å². The third-order valence-electron chi connectivity index (χ3n) is 5.01. The molecule has 0 aliphatic heterocycles. The Bertz CT molecular complexity index is 1250. The Labute approximate surface area is 191 Å². The van der Waals surface area contributed by atoms with Crippen molar-refractivity contribution in [2.75, 3.05) is 19.5 Å². The highest BCUT2D eigenvalue weighted by atomic mass is 35.5. The highest BCUT2D eigenvalue weighted by molar-refractivity contribution is 6.30. The standard InChI is InChI=1S/C25H22ClN3O3/c1-16-4-8-18(9-5-16)27-25(30)23-15-22(21-13-12-20(31-2)14-24(21)32-3)28-29(23)19-10-6-17(26)7-11-19/h4-15H,1-3H3,(H,27,30). The molecule has 0 saturated carbocycles. The Morgan fingerprint density at radius 1 is 0.938 bits per heavy atom. The van der Waals surface area contributed by atoms with Crippen molar-refractivity contribution in [1.82, 2.24) is 9.78 Å². The van der Waals surface area contributed by atoms with Crippen LogP contribution < -0.4 is 14.8 Å². The van der Waals surface area contributed by atoms with Crippen LogP contribution in [0.3, 0.4) is 0 Å². The minimum Gasteiger partial charge on any atom is -0.497 e. The van der Waals surface area contributed by atoms with Gasteiger partial charge in [-0.3, -0.25) is 4.79 Å². The van der Waals surface area contributed by atoms with Gasteiger partial charge in [0.1, 0.15) is 17.2 Å². The number of methoxy groups -OCH3 is 2. The summed E-state index contributed by atoms with van der Waals surface area (Å²) in [6.45, 7) is 2.00. The first-order valence-electron chi connectivity index (χ1n) is 9.95. The molecule has 1 aromatic heterocycles. The van der Waals surface area contributed by atoms with Crippen molar-refractivity contribution < 1.29 is 14.3 Å². The van der Waals surface area contributed by atoms with E-state index in [4.69, 9.17) is 26.2 Å². The third-order valence-corrected chi connectivity index (χ3v) is 5.26. The molecule has 1 amide bonds. The van der Waals surface area contributed by atoms with Crippen LogP contribution in [0, 0.1) is 6.92 Å². The van der Waals surface area contributed by atoms with Crippen LogP contribution in [0.15, 0.2) is 72.8 Å². The Hall–Kier alpha value is -3.77. The van der Waals surface area contributed by atoms with Crippen molar-refractivity contribution in [3.63, 3.8) is 0 Å². The van der Waals surface area contributed by atoms with E-state index in [1.54, 1.807) is 43.2 Å². The zero-order chi connectivity index (χ0) is 22.7. The van der Waals surface area contributed by atoms with Crippen molar-refractivity contribution in [1.29, 1.82) is 0 Å². The van der Waals surface area contributed by atoms with Gasteiger partial charge in [-0.2, -0.15) is 5.10 Å². The molecule has 4 rings (SSSR count). The summed E-state index contributed by atoms with van der Waals surface area (Å²) in [4.78, 5) is 13.2. The van der Waals surface area contributed by atoms with E-state index in [1.807, 2.05) is 55.5 Å². The lowest BCUT2D eigenvalue weighted by Crippen LogP contribution is -2.16. The smallest absolute Gasteiger partial charge is 0.274 e. The fourth-order valence-electron chi connectivity index (χ4n) is 3.30. The normalized spacial score (nSPS) is 10.6. The van der Waals surface area contributed by atoms with Gasteiger partial charge in [0.05, 0.1) is 25.6 Å². The van der Waals surface area contributed by atoms with Crippen LogP contribution in [0.25, 0.3) is 16.9 Å². The van der Waals surface area contributed by atoms with Crippen molar-refractivity contribution in [2.45, 2.75) is 6.92 Å². The molecule has 1 N–H and O–H groups in total. The number of rotatable bonds is 6. The zero-order valence-electron chi connectivity index (χ0n) is 17.9. The Kier molecular flexibility index (Phi) is 6.14. The fraction of sp³-hybridized carbons (Fsp3) is 0.120. The van der Waals surface area contributed by atoms with E-state index in [1.165, 1.54) is 0 Å². The summed E-state index contributed by atoms with van der Waals surface area (Å²) < 4.78 is 12.4. The lowest BCUT2D eigenvalue weighted by molar-refractivity contribution is 0.101. The number of ether oxygens (including phenoxy) is 2. The number of aryl methyl sites for hydroxylation is 1. The highest BCUT2D eigenvalue weighted by Crippen LogP contribution is 2.33. The van der Waals surface area contributed by atoms with Gasteiger partial charge in [-0.15, -0.1) is 0 Å². The van der Waals surface area contributed by atoms with E-state index in [0.29, 0.717) is 39.3 Å². The molecule has 1 heterocycles. The summed E-state index contributed by atoms with van der Waals surface area (Å²) in [6, 6.07) is 22.0. The minimum absolute atomic E-state index is 0.282. The molecule has 32 heavy (non-hydrogen) atoms. The predicted octanol–water partition coefficient (Wildman–Crippen LogP) is 5.77. The molecule has 0 aliphatic rings. The van der Waals surface area contributed by atoms with E-state index in [9.17, 15) is 4.79 Å². The van der Waals surface area contributed by atoms with Crippen LogP contribution in [-0.4, -0.2) is 29.9 Å². The summed E-state index contributed by atoms with van der Waals surface area (Å²) in [7, 11) is 3.18. The molecule has 6 nitrogen and oxygen atoms in total. The Balaban J connectivity index is 1.79. The number of carbonyl (C=O) groups excluding carboxylic acids is 1.